The Morgan fingerprint density at radius 3 is 2.47 bits per heavy atom. The van der Waals surface area contributed by atoms with Crippen molar-refractivity contribution >= 4 is 28.4 Å². The molecular formula is C14H16IN3O. The van der Waals surface area contributed by atoms with Gasteiger partial charge in [0.1, 0.15) is 11.6 Å². The lowest BCUT2D eigenvalue weighted by molar-refractivity contribution is 0.475. The van der Waals surface area contributed by atoms with Crippen LogP contribution in [0.2, 0.25) is 0 Å². The molecule has 0 saturated heterocycles. The molecule has 1 aromatic heterocycles. The topological polar surface area (TPSA) is 72.0 Å². The van der Waals surface area contributed by atoms with Gasteiger partial charge >= 0.3 is 0 Å². The second-order valence-corrected chi connectivity index (χ2v) is 6.47. The van der Waals surface area contributed by atoms with Crippen LogP contribution in [0.5, 0.6) is 5.75 Å². The van der Waals surface area contributed by atoms with Crippen molar-refractivity contribution in [3.05, 3.63) is 33.5 Å². The summed E-state index contributed by atoms with van der Waals surface area (Å²) in [6.07, 6.45) is 0. The number of nitrogens with two attached hydrogens (primary N) is 1. The van der Waals surface area contributed by atoms with E-state index in [0.717, 1.165) is 14.8 Å². The molecule has 4 nitrogen and oxygen atoms in total. The number of nitrogens with zero attached hydrogens (tertiary/aromatic N) is 2. The molecule has 5 heteroatoms. The first-order valence-electron chi connectivity index (χ1n) is 5.92. The number of anilines is 1. The Kier molecular flexibility index (Phi) is 3.66. The molecule has 0 radical (unpaired) electrons. The quantitative estimate of drug-likeness (QED) is 0.757. The Morgan fingerprint density at radius 2 is 1.89 bits per heavy atom. The summed E-state index contributed by atoms with van der Waals surface area (Å²) in [5.41, 5.74) is 7.53. The van der Waals surface area contributed by atoms with Crippen LogP contribution in [0.15, 0.2) is 24.3 Å². The van der Waals surface area contributed by atoms with E-state index in [-0.39, 0.29) is 11.2 Å². The van der Waals surface area contributed by atoms with Gasteiger partial charge in [-0.3, -0.25) is 0 Å². The first-order chi connectivity index (χ1) is 8.79. The minimum absolute atomic E-state index is 0.112. The maximum absolute atomic E-state index is 9.54. The molecule has 1 heterocycles. The molecule has 100 valence electrons. The lowest BCUT2D eigenvalue weighted by Gasteiger charge is -2.21. The predicted octanol–water partition coefficient (Wildman–Crippen LogP) is 3.33. The van der Waals surface area contributed by atoms with Crippen LogP contribution in [0, 0.1) is 3.57 Å². The second-order valence-electron chi connectivity index (χ2n) is 5.40. The van der Waals surface area contributed by atoms with Crippen molar-refractivity contribution in [1.82, 2.24) is 9.97 Å². The molecule has 0 aliphatic heterocycles. The standard InChI is InChI=1S/C14H16IN3O/c1-14(2,3)11-10(15)12(16)18-13(17-11)8-5-4-6-9(19)7-8/h4-7,19H,1-3H3,(H2,16,17,18). The molecule has 0 saturated carbocycles. The zero-order valence-electron chi connectivity index (χ0n) is 11.1. The van der Waals surface area contributed by atoms with Crippen LogP contribution in [0.1, 0.15) is 26.5 Å². The molecule has 3 N–H and O–H groups in total. The summed E-state index contributed by atoms with van der Waals surface area (Å²) in [4.78, 5) is 8.91. The van der Waals surface area contributed by atoms with Crippen molar-refractivity contribution < 1.29 is 5.11 Å². The molecule has 0 bridgehead atoms. The normalized spacial score (nSPS) is 11.6. The van der Waals surface area contributed by atoms with E-state index in [1.807, 2.05) is 6.07 Å². The molecular weight excluding hydrogens is 353 g/mol. The van der Waals surface area contributed by atoms with Crippen molar-refractivity contribution in [2.75, 3.05) is 5.73 Å². The van der Waals surface area contributed by atoms with Crippen LogP contribution < -0.4 is 5.73 Å². The maximum atomic E-state index is 9.54. The van der Waals surface area contributed by atoms with Crippen molar-refractivity contribution in [1.29, 1.82) is 0 Å². The molecule has 0 unspecified atom stereocenters. The average Bonchev–Trinajstić information content (AvgIpc) is 2.31. The van der Waals surface area contributed by atoms with E-state index >= 15 is 0 Å². The van der Waals surface area contributed by atoms with E-state index < -0.39 is 0 Å². The first kappa shape index (κ1) is 14.0. The van der Waals surface area contributed by atoms with E-state index in [1.54, 1.807) is 18.2 Å². The largest absolute Gasteiger partial charge is 0.508 e. The van der Waals surface area contributed by atoms with Crippen molar-refractivity contribution in [2.24, 2.45) is 0 Å². The van der Waals surface area contributed by atoms with Gasteiger partial charge in [0.2, 0.25) is 0 Å². The average molecular weight is 369 g/mol. The van der Waals surface area contributed by atoms with Gasteiger partial charge < -0.3 is 10.8 Å². The van der Waals surface area contributed by atoms with Crippen LogP contribution >= 0.6 is 22.6 Å². The smallest absolute Gasteiger partial charge is 0.161 e. The molecule has 2 aromatic rings. The summed E-state index contributed by atoms with van der Waals surface area (Å²) in [6.45, 7) is 6.26. The summed E-state index contributed by atoms with van der Waals surface area (Å²) < 4.78 is 0.883. The zero-order valence-corrected chi connectivity index (χ0v) is 13.3. The number of rotatable bonds is 1. The van der Waals surface area contributed by atoms with Crippen molar-refractivity contribution in [2.45, 2.75) is 26.2 Å². The predicted molar refractivity (Wildman–Crippen MR) is 85.0 cm³/mol. The number of aromatic hydroxyl groups is 1. The summed E-state index contributed by atoms with van der Waals surface area (Å²) in [7, 11) is 0. The highest BCUT2D eigenvalue weighted by atomic mass is 127. The van der Waals surface area contributed by atoms with Gasteiger partial charge in [-0.15, -0.1) is 0 Å². The third kappa shape index (κ3) is 2.97. The van der Waals surface area contributed by atoms with E-state index in [1.165, 1.54) is 0 Å². The highest BCUT2D eigenvalue weighted by molar-refractivity contribution is 14.1. The van der Waals surface area contributed by atoms with Crippen LogP contribution in [-0.4, -0.2) is 15.1 Å². The molecule has 0 fully saturated rings. The SMILES string of the molecule is CC(C)(C)c1nc(-c2cccc(O)c2)nc(N)c1I. The Morgan fingerprint density at radius 1 is 1.21 bits per heavy atom. The van der Waals surface area contributed by atoms with Gasteiger partial charge in [-0.1, -0.05) is 32.9 Å². The summed E-state index contributed by atoms with van der Waals surface area (Å²) in [5.74, 6) is 1.20. The first-order valence-corrected chi connectivity index (χ1v) is 7.00. The van der Waals surface area contributed by atoms with Gasteiger partial charge in [0.05, 0.1) is 9.26 Å². The highest BCUT2D eigenvalue weighted by Crippen LogP contribution is 2.30. The Bertz CT molecular complexity index is 621. The van der Waals surface area contributed by atoms with Gasteiger partial charge in [-0.05, 0) is 34.7 Å². The lowest BCUT2D eigenvalue weighted by Crippen LogP contribution is -2.18. The minimum atomic E-state index is -0.112. The summed E-state index contributed by atoms with van der Waals surface area (Å²) >= 11 is 2.17. The number of halogens is 1. The monoisotopic (exact) mass is 369 g/mol. The van der Waals surface area contributed by atoms with Gasteiger partial charge in [0.15, 0.2) is 5.82 Å². The van der Waals surface area contributed by atoms with Crippen LogP contribution in [-0.2, 0) is 5.41 Å². The Hall–Kier alpha value is -1.37. The summed E-state index contributed by atoms with van der Waals surface area (Å²) in [6, 6.07) is 6.87. The molecule has 0 spiro atoms. The maximum Gasteiger partial charge on any atom is 0.161 e. The van der Waals surface area contributed by atoms with Crippen molar-refractivity contribution in [3.8, 4) is 17.1 Å². The van der Waals surface area contributed by atoms with E-state index in [0.29, 0.717) is 11.6 Å². The van der Waals surface area contributed by atoms with Gasteiger partial charge in [0.25, 0.3) is 0 Å². The third-order valence-corrected chi connectivity index (χ3v) is 3.76. The van der Waals surface area contributed by atoms with E-state index in [4.69, 9.17) is 5.73 Å². The van der Waals surface area contributed by atoms with Gasteiger partial charge in [0, 0.05) is 11.0 Å². The number of phenols is 1. The fourth-order valence-corrected chi connectivity index (χ4v) is 2.79. The number of nitrogen functional groups attached to an aromatic ring is 1. The van der Waals surface area contributed by atoms with Gasteiger partial charge in [-0.2, -0.15) is 0 Å². The molecule has 1 aromatic carbocycles. The molecule has 2 rings (SSSR count). The molecule has 0 atom stereocenters. The Labute approximate surface area is 126 Å². The molecule has 0 aliphatic rings. The minimum Gasteiger partial charge on any atom is -0.508 e. The van der Waals surface area contributed by atoms with E-state index in [9.17, 15) is 5.11 Å². The third-order valence-electron chi connectivity index (χ3n) is 2.69. The number of benzene rings is 1. The second kappa shape index (κ2) is 4.96. The fourth-order valence-electron chi connectivity index (χ4n) is 1.74. The number of phenolic OH excluding ortho intramolecular Hbond substituents is 1. The van der Waals surface area contributed by atoms with Gasteiger partial charge in [-0.25, -0.2) is 9.97 Å². The van der Waals surface area contributed by atoms with Crippen molar-refractivity contribution in [3.63, 3.8) is 0 Å². The molecule has 19 heavy (non-hydrogen) atoms. The summed E-state index contributed by atoms with van der Waals surface area (Å²) in [5, 5.41) is 9.54. The molecule has 0 aliphatic carbocycles. The lowest BCUT2D eigenvalue weighted by atomic mass is 9.92. The number of hydrogen-bond donors (Lipinski definition) is 2. The van der Waals surface area contributed by atoms with E-state index in [2.05, 4.69) is 53.3 Å². The van der Waals surface area contributed by atoms with Crippen LogP contribution in [0.25, 0.3) is 11.4 Å². The highest BCUT2D eigenvalue weighted by Gasteiger charge is 2.22. The van der Waals surface area contributed by atoms with Crippen LogP contribution in [0.4, 0.5) is 5.82 Å². The zero-order chi connectivity index (χ0) is 14.2. The molecule has 0 amide bonds. The Balaban J connectivity index is 2.63. The number of hydrogen-bond acceptors (Lipinski definition) is 4. The number of aromatic nitrogens is 2. The van der Waals surface area contributed by atoms with Crippen LogP contribution in [0.3, 0.4) is 0 Å². The fraction of sp³-hybridized carbons (Fsp3) is 0.286.